The first-order valence-electron chi connectivity index (χ1n) is 4.49. The van der Waals surface area contributed by atoms with Crippen LogP contribution in [0.3, 0.4) is 0 Å². The van der Waals surface area contributed by atoms with Crippen molar-refractivity contribution in [3.05, 3.63) is 30.5 Å². The van der Waals surface area contributed by atoms with Gasteiger partial charge in [0, 0.05) is 19.5 Å². The molecule has 14 heavy (non-hydrogen) atoms. The third-order valence-corrected chi connectivity index (χ3v) is 2.19. The molecular formula is C11H13NO2. The van der Waals surface area contributed by atoms with Gasteiger partial charge in [-0.2, -0.15) is 0 Å². The van der Waals surface area contributed by atoms with E-state index in [9.17, 15) is 0 Å². The van der Waals surface area contributed by atoms with Crippen LogP contribution in [0.2, 0.25) is 0 Å². The molecule has 0 unspecified atom stereocenters. The quantitative estimate of drug-likeness (QED) is 0.697. The second kappa shape index (κ2) is 3.72. The van der Waals surface area contributed by atoms with Crippen LogP contribution in [0, 0.1) is 0 Å². The summed E-state index contributed by atoms with van der Waals surface area (Å²) in [7, 11) is 3.65. The van der Waals surface area contributed by atoms with Gasteiger partial charge in [0.25, 0.3) is 0 Å². The van der Waals surface area contributed by atoms with E-state index in [2.05, 4.69) is 0 Å². The Morgan fingerprint density at radius 1 is 1.36 bits per heavy atom. The Bertz CT molecular complexity index is 422. The van der Waals surface area contributed by atoms with Crippen molar-refractivity contribution >= 4 is 16.7 Å². The van der Waals surface area contributed by atoms with Crippen LogP contribution in [-0.4, -0.2) is 20.9 Å². The average Bonchev–Trinajstić information content (AvgIpc) is 2.61. The number of anilines is 1. The topological polar surface area (TPSA) is 25.6 Å². The SMILES string of the molecule is COCN(C)c1coc2ccccc12. The van der Waals surface area contributed by atoms with Crippen molar-refractivity contribution < 1.29 is 9.15 Å². The third-order valence-electron chi connectivity index (χ3n) is 2.19. The lowest BCUT2D eigenvalue weighted by atomic mass is 10.2. The highest BCUT2D eigenvalue weighted by Crippen LogP contribution is 2.27. The Labute approximate surface area is 82.9 Å². The summed E-state index contributed by atoms with van der Waals surface area (Å²) in [6, 6.07) is 7.97. The Kier molecular flexibility index (Phi) is 2.41. The predicted octanol–water partition coefficient (Wildman–Crippen LogP) is 2.47. The van der Waals surface area contributed by atoms with Gasteiger partial charge in [-0.3, -0.25) is 0 Å². The number of hydrogen-bond acceptors (Lipinski definition) is 3. The van der Waals surface area contributed by atoms with Crippen molar-refractivity contribution in [2.45, 2.75) is 0 Å². The van der Waals surface area contributed by atoms with E-state index in [4.69, 9.17) is 9.15 Å². The standard InChI is InChI=1S/C11H13NO2/c1-12(8-13-2)10-7-14-11-6-4-3-5-9(10)11/h3-7H,8H2,1-2H3. The molecule has 0 aliphatic heterocycles. The molecule has 0 aliphatic carbocycles. The number of rotatable bonds is 3. The summed E-state index contributed by atoms with van der Waals surface area (Å²) in [5.41, 5.74) is 1.97. The van der Waals surface area contributed by atoms with Gasteiger partial charge in [0.15, 0.2) is 0 Å². The van der Waals surface area contributed by atoms with Crippen molar-refractivity contribution in [2.24, 2.45) is 0 Å². The summed E-state index contributed by atoms with van der Waals surface area (Å²) in [4.78, 5) is 2.01. The molecule has 1 heterocycles. The summed E-state index contributed by atoms with van der Waals surface area (Å²) < 4.78 is 10.5. The van der Waals surface area contributed by atoms with E-state index in [1.165, 1.54) is 0 Å². The van der Waals surface area contributed by atoms with Crippen LogP contribution < -0.4 is 4.90 Å². The zero-order chi connectivity index (χ0) is 9.97. The number of para-hydroxylation sites is 1. The molecule has 0 bridgehead atoms. The lowest BCUT2D eigenvalue weighted by Crippen LogP contribution is -2.19. The summed E-state index contributed by atoms with van der Waals surface area (Å²) in [6.07, 6.45) is 1.75. The van der Waals surface area contributed by atoms with Crippen molar-refractivity contribution in [1.82, 2.24) is 0 Å². The molecule has 0 fully saturated rings. The zero-order valence-corrected chi connectivity index (χ0v) is 8.36. The smallest absolute Gasteiger partial charge is 0.136 e. The molecule has 3 heteroatoms. The van der Waals surface area contributed by atoms with Crippen LogP contribution in [-0.2, 0) is 4.74 Å². The van der Waals surface area contributed by atoms with Crippen molar-refractivity contribution in [3.8, 4) is 0 Å². The van der Waals surface area contributed by atoms with Gasteiger partial charge >= 0.3 is 0 Å². The van der Waals surface area contributed by atoms with Gasteiger partial charge in [-0.05, 0) is 12.1 Å². The number of nitrogens with zero attached hydrogens (tertiary/aromatic N) is 1. The lowest BCUT2D eigenvalue weighted by molar-refractivity contribution is 0.202. The zero-order valence-electron chi connectivity index (χ0n) is 8.36. The molecule has 0 spiro atoms. The maximum absolute atomic E-state index is 5.42. The van der Waals surface area contributed by atoms with Crippen molar-refractivity contribution in [3.63, 3.8) is 0 Å². The van der Waals surface area contributed by atoms with Crippen LogP contribution >= 0.6 is 0 Å². The molecule has 0 N–H and O–H groups in total. The fraction of sp³-hybridized carbons (Fsp3) is 0.273. The van der Waals surface area contributed by atoms with Gasteiger partial charge in [0.1, 0.15) is 18.6 Å². The van der Waals surface area contributed by atoms with Crippen LogP contribution in [0.25, 0.3) is 11.0 Å². The third kappa shape index (κ3) is 1.46. The Morgan fingerprint density at radius 2 is 2.14 bits per heavy atom. The highest BCUT2D eigenvalue weighted by Gasteiger charge is 2.08. The van der Waals surface area contributed by atoms with Gasteiger partial charge in [-0.25, -0.2) is 0 Å². The lowest BCUT2D eigenvalue weighted by Gasteiger charge is -2.15. The maximum Gasteiger partial charge on any atom is 0.136 e. The van der Waals surface area contributed by atoms with E-state index in [0.717, 1.165) is 16.7 Å². The largest absolute Gasteiger partial charge is 0.462 e. The minimum atomic E-state index is 0.559. The van der Waals surface area contributed by atoms with E-state index < -0.39 is 0 Å². The molecule has 0 saturated carbocycles. The van der Waals surface area contributed by atoms with E-state index in [-0.39, 0.29) is 0 Å². The van der Waals surface area contributed by atoms with Gasteiger partial charge in [0.2, 0.25) is 0 Å². The molecule has 1 aromatic heterocycles. The summed E-state index contributed by atoms with van der Waals surface area (Å²) in [5, 5.41) is 1.12. The number of furan rings is 1. The monoisotopic (exact) mass is 191 g/mol. The average molecular weight is 191 g/mol. The van der Waals surface area contributed by atoms with Crippen LogP contribution in [0.15, 0.2) is 34.9 Å². The Hall–Kier alpha value is -1.48. The maximum atomic E-state index is 5.42. The van der Waals surface area contributed by atoms with Crippen LogP contribution in [0.4, 0.5) is 5.69 Å². The Balaban J connectivity index is 2.42. The van der Waals surface area contributed by atoms with E-state index >= 15 is 0 Å². The van der Waals surface area contributed by atoms with Gasteiger partial charge in [0.05, 0.1) is 5.69 Å². The summed E-state index contributed by atoms with van der Waals surface area (Å²) >= 11 is 0. The molecule has 2 aromatic rings. The molecule has 74 valence electrons. The highest BCUT2D eigenvalue weighted by molar-refractivity contribution is 5.90. The van der Waals surface area contributed by atoms with Gasteiger partial charge in [-0.1, -0.05) is 12.1 Å². The number of ether oxygens (including phenoxy) is 1. The normalized spacial score (nSPS) is 10.7. The van der Waals surface area contributed by atoms with Gasteiger partial charge < -0.3 is 14.1 Å². The summed E-state index contributed by atoms with van der Waals surface area (Å²) in [5.74, 6) is 0. The molecule has 1 aromatic carbocycles. The second-order valence-electron chi connectivity index (χ2n) is 3.23. The Morgan fingerprint density at radius 3 is 2.93 bits per heavy atom. The fourth-order valence-electron chi connectivity index (χ4n) is 1.52. The number of methoxy groups -OCH3 is 1. The minimum absolute atomic E-state index is 0.559. The van der Waals surface area contributed by atoms with E-state index in [1.54, 1.807) is 13.4 Å². The first kappa shape index (κ1) is 9.09. The molecule has 0 amide bonds. The van der Waals surface area contributed by atoms with Gasteiger partial charge in [-0.15, -0.1) is 0 Å². The molecule has 0 radical (unpaired) electrons. The van der Waals surface area contributed by atoms with Crippen molar-refractivity contribution in [1.29, 1.82) is 0 Å². The van der Waals surface area contributed by atoms with E-state index in [1.807, 2.05) is 36.2 Å². The summed E-state index contributed by atoms with van der Waals surface area (Å²) in [6.45, 7) is 0.559. The fourth-order valence-corrected chi connectivity index (χ4v) is 1.52. The van der Waals surface area contributed by atoms with Crippen LogP contribution in [0.5, 0.6) is 0 Å². The number of benzene rings is 1. The number of hydrogen-bond donors (Lipinski definition) is 0. The van der Waals surface area contributed by atoms with E-state index in [0.29, 0.717) is 6.73 Å². The molecule has 3 nitrogen and oxygen atoms in total. The minimum Gasteiger partial charge on any atom is -0.462 e. The molecular weight excluding hydrogens is 178 g/mol. The molecule has 0 saturated heterocycles. The molecule has 0 atom stereocenters. The first-order valence-corrected chi connectivity index (χ1v) is 4.49. The van der Waals surface area contributed by atoms with Crippen LogP contribution in [0.1, 0.15) is 0 Å². The first-order chi connectivity index (χ1) is 6.83. The van der Waals surface area contributed by atoms with Crippen molar-refractivity contribution in [2.75, 3.05) is 25.8 Å². The second-order valence-corrected chi connectivity index (χ2v) is 3.23. The molecule has 2 rings (SSSR count). The highest BCUT2D eigenvalue weighted by atomic mass is 16.5. The molecule has 0 aliphatic rings. The predicted molar refractivity (Wildman–Crippen MR) is 56.5 cm³/mol. The number of fused-ring (bicyclic) bond motifs is 1.